The van der Waals surface area contributed by atoms with Crippen LogP contribution in [0.3, 0.4) is 0 Å². The summed E-state index contributed by atoms with van der Waals surface area (Å²) in [4.78, 5) is 2.54. The Bertz CT molecular complexity index is 227. The summed E-state index contributed by atoms with van der Waals surface area (Å²) in [5.74, 6) is 0. The van der Waals surface area contributed by atoms with Crippen molar-refractivity contribution >= 4 is 0 Å². The van der Waals surface area contributed by atoms with Gasteiger partial charge in [0.2, 0.25) is 0 Å². The van der Waals surface area contributed by atoms with E-state index in [0.29, 0.717) is 17.0 Å². The molecule has 3 heteroatoms. The van der Waals surface area contributed by atoms with Crippen molar-refractivity contribution in [2.24, 2.45) is 5.41 Å². The Kier molecular flexibility index (Phi) is 4.99. The van der Waals surface area contributed by atoms with Crippen LogP contribution in [0.4, 0.5) is 0 Å². The first kappa shape index (κ1) is 14.9. The molecule has 1 rings (SSSR count). The molecule has 0 amide bonds. The Labute approximate surface area is 107 Å². The first-order valence-corrected chi connectivity index (χ1v) is 6.76. The van der Waals surface area contributed by atoms with Crippen molar-refractivity contribution in [2.75, 3.05) is 33.4 Å². The second-order valence-electron chi connectivity index (χ2n) is 6.82. The zero-order valence-electron chi connectivity index (χ0n) is 12.5. The summed E-state index contributed by atoms with van der Waals surface area (Å²) in [6, 6.07) is 0.577. The summed E-state index contributed by atoms with van der Waals surface area (Å²) >= 11 is 0. The standard InChI is InChI=1S/C14H30N2O/c1-12(2)15-8-7-14(11-17-6)9-16(10-14)13(3,4)5/h12,15H,7-11H2,1-6H3. The number of rotatable bonds is 6. The highest BCUT2D eigenvalue weighted by Gasteiger charge is 2.46. The maximum absolute atomic E-state index is 5.41. The van der Waals surface area contributed by atoms with Crippen molar-refractivity contribution in [2.45, 2.75) is 52.6 Å². The molecular weight excluding hydrogens is 212 g/mol. The van der Waals surface area contributed by atoms with Gasteiger partial charge in [-0.05, 0) is 33.7 Å². The fraction of sp³-hybridized carbons (Fsp3) is 1.00. The van der Waals surface area contributed by atoms with Crippen LogP contribution in [0.25, 0.3) is 0 Å². The number of methoxy groups -OCH3 is 1. The molecule has 0 aliphatic carbocycles. The Morgan fingerprint density at radius 1 is 1.29 bits per heavy atom. The van der Waals surface area contributed by atoms with Gasteiger partial charge in [-0.15, -0.1) is 0 Å². The van der Waals surface area contributed by atoms with Gasteiger partial charge in [0.15, 0.2) is 0 Å². The minimum Gasteiger partial charge on any atom is -0.384 e. The molecule has 1 aliphatic heterocycles. The van der Waals surface area contributed by atoms with Crippen molar-refractivity contribution < 1.29 is 4.74 Å². The maximum atomic E-state index is 5.41. The van der Waals surface area contributed by atoms with E-state index in [4.69, 9.17) is 4.74 Å². The number of ether oxygens (including phenoxy) is 1. The lowest BCUT2D eigenvalue weighted by Crippen LogP contribution is -2.64. The van der Waals surface area contributed by atoms with Crippen molar-refractivity contribution in [3.63, 3.8) is 0 Å². The van der Waals surface area contributed by atoms with Crippen LogP contribution in [0, 0.1) is 5.41 Å². The first-order chi connectivity index (χ1) is 7.79. The normalized spacial score (nSPS) is 20.6. The first-order valence-electron chi connectivity index (χ1n) is 6.76. The van der Waals surface area contributed by atoms with Crippen LogP contribution >= 0.6 is 0 Å². The molecule has 1 N–H and O–H groups in total. The molecule has 1 saturated heterocycles. The lowest BCUT2D eigenvalue weighted by atomic mass is 9.75. The molecule has 1 aliphatic rings. The van der Waals surface area contributed by atoms with Gasteiger partial charge in [-0.25, -0.2) is 0 Å². The Balaban J connectivity index is 2.40. The molecule has 17 heavy (non-hydrogen) atoms. The fourth-order valence-electron chi connectivity index (χ4n) is 2.49. The molecule has 0 aromatic rings. The molecule has 1 heterocycles. The summed E-state index contributed by atoms with van der Waals surface area (Å²) in [6.07, 6.45) is 1.21. The van der Waals surface area contributed by atoms with Gasteiger partial charge in [0, 0.05) is 37.2 Å². The van der Waals surface area contributed by atoms with Crippen LogP contribution in [0.2, 0.25) is 0 Å². The van der Waals surface area contributed by atoms with Gasteiger partial charge in [-0.1, -0.05) is 13.8 Å². The molecule has 0 bridgehead atoms. The van der Waals surface area contributed by atoms with Crippen LogP contribution in [0.5, 0.6) is 0 Å². The molecule has 0 unspecified atom stereocenters. The van der Waals surface area contributed by atoms with Crippen LogP contribution in [-0.4, -0.2) is 49.8 Å². The number of likely N-dealkylation sites (tertiary alicyclic amines) is 1. The SMILES string of the molecule is COCC1(CCNC(C)C)CN(C(C)(C)C)C1. The Hall–Kier alpha value is -0.120. The third-order valence-electron chi connectivity index (χ3n) is 3.66. The molecule has 0 atom stereocenters. The summed E-state index contributed by atoms with van der Waals surface area (Å²) in [7, 11) is 1.82. The second-order valence-corrected chi connectivity index (χ2v) is 6.82. The van der Waals surface area contributed by atoms with E-state index >= 15 is 0 Å². The molecule has 0 spiro atoms. The van der Waals surface area contributed by atoms with Crippen molar-refractivity contribution in [1.29, 1.82) is 0 Å². The maximum Gasteiger partial charge on any atom is 0.0543 e. The van der Waals surface area contributed by atoms with Crippen molar-refractivity contribution in [3.8, 4) is 0 Å². The Morgan fingerprint density at radius 2 is 1.88 bits per heavy atom. The summed E-state index contributed by atoms with van der Waals surface area (Å²) < 4.78 is 5.41. The van der Waals surface area contributed by atoms with Gasteiger partial charge in [0.25, 0.3) is 0 Å². The van der Waals surface area contributed by atoms with E-state index in [1.807, 2.05) is 7.11 Å². The van der Waals surface area contributed by atoms with Crippen LogP contribution < -0.4 is 5.32 Å². The predicted octanol–water partition coefficient (Wildman–Crippen LogP) is 2.12. The fourth-order valence-corrected chi connectivity index (χ4v) is 2.49. The molecular formula is C14H30N2O. The smallest absolute Gasteiger partial charge is 0.0543 e. The molecule has 0 radical (unpaired) electrons. The molecule has 0 saturated carbocycles. The van der Waals surface area contributed by atoms with E-state index in [1.54, 1.807) is 0 Å². The number of nitrogens with one attached hydrogen (secondary N) is 1. The van der Waals surface area contributed by atoms with E-state index < -0.39 is 0 Å². The topological polar surface area (TPSA) is 24.5 Å². The number of hydrogen-bond donors (Lipinski definition) is 1. The average molecular weight is 242 g/mol. The average Bonchev–Trinajstić information content (AvgIpc) is 2.10. The highest BCUT2D eigenvalue weighted by Crippen LogP contribution is 2.38. The zero-order valence-corrected chi connectivity index (χ0v) is 12.5. The highest BCUT2D eigenvalue weighted by molar-refractivity contribution is 4.99. The largest absolute Gasteiger partial charge is 0.384 e. The molecule has 102 valence electrons. The van der Waals surface area contributed by atoms with Crippen LogP contribution in [0.15, 0.2) is 0 Å². The van der Waals surface area contributed by atoms with Crippen molar-refractivity contribution in [1.82, 2.24) is 10.2 Å². The predicted molar refractivity (Wildman–Crippen MR) is 73.4 cm³/mol. The van der Waals surface area contributed by atoms with Crippen LogP contribution in [0.1, 0.15) is 41.0 Å². The zero-order chi connectivity index (χ0) is 13.1. The summed E-state index contributed by atoms with van der Waals surface area (Å²) in [6.45, 7) is 15.6. The Morgan fingerprint density at radius 3 is 2.29 bits per heavy atom. The van der Waals surface area contributed by atoms with Gasteiger partial charge in [0.05, 0.1) is 6.61 Å². The van der Waals surface area contributed by atoms with Crippen molar-refractivity contribution in [3.05, 3.63) is 0 Å². The van der Waals surface area contributed by atoms with E-state index in [0.717, 1.165) is 13.2 Å². The summed E-state index contributed by atoms with van der Waals surface area (Å²) in [5, 5.41) is 3.51. The lowest BCUT2D eigenvalue weighted by molar-refractivity contribution is -0.0984. The van der Waals surface area contributed by atoms with Gasteiger partial charge in [0.1, 0.15) is 0 Å². The van der Waals surface area contributed by atoms with Crippen LogP contribution in [-0.2, 0) is 4.74 Å². The van der Waals surface area contributed by atoms with Gasteiger partial charge < -0.3 is 10.1 Å². The van der Waals surface area contributed by atoms with E-state index in [1.165, 1.54) is 19.5 Å². The van der Waals surface area contributed by atoms with Gasteiger partial charge in [-0.2, -0.15) is 0 Å². The lowest BCUT2D eigenvalue weighted by Gasteiger charge is -2.55. The van der Waals surface area contributed by atoms with Gasteiger partial charge in [-0.3, -0.25) is 4.90 Å². The minimum absolute atomic E-state index is 0.294. The second kappa shape index (κ2) is 5.68. The number of hydrogen-bond acceptors (Lipinski definition) is 3. The summed E-state index contributed by atoms with van der Waals surface area (Å²) in [5.41, 5.74) is 0.673. The third kappa shape index (κ3) is 4.23. The van der Waals surface area contributed by atoms with E-state index in [9.17, 15) is 0 Å². The minimum atomic E-state index is 0.294. The number of nitrogens with zero attached hydrogens (tertiary/aromatic N) is 1. The third-order valence-corrected chi connectivity index (χ3v) is 3.66. The molecule has 0 aromatic carbocycles. The quantitative estimate of drug-likeness (QED) is 0.772. The monoisotopic (exact) mass is 242 g/mol. The van der Waals surface area contributed by atoms with E-state index in [2.05, 4.69) is 44.8 Å². The highest BCUT2D eigenvalue weighted by atomic mass is 16.5. The molecule has 1 fully saturated rings. The van der Waals surface area contributed by atoms with E-state index in [-0.39, 0.29) is 0 Å². The molecule has 0 aromatic heterocycles. The molecule has 3 nitrogen and oxygen atoms in total. The van der Waals surface area contributed by atoms with Gasteiger partial charge >= 0.3 is 0 Å².